The third kappa shape index (κ3) is 4.10. The van der Waals surface area contributed by atoms with E-state index in [-0.39, 0.29) is 0 Å². The molecule has 1 heterocycles. The zero-order chi connectivity index (χ0) is 15.4. The van der Waals surface area contributed by atoms with Crippen LogP contribution in [0.2, 0.25) is 5.02 Å². The van der Waals surface area contributed by atoms with E-state index in [1.54, 1.807) is 0 Å². The van der Waals surface area contributed by atoms with E-state index in [4.69, 9.17) is 11.6 Å². The first-order valence-corrected chi connectivity index (χ1v) is 8.32. The molecular formula is C19H23ClN2. The molecule has 0 N–H and O–H groups in total. The molecule has 1 saturated heterocycles. The molecule has 3 rings (SSSR count). The maximum Gasteiger partial charge on any atom is 0.0409 e. The summed E-state index contributed by atoms with van der Waals surface area (Å²) in [5.41, 5.74) is 4.15. The van der Waals surface area contributed by atoms with Gasteiger partial charge < -0.3 is 0 Å². The van der Waals surface area contributed by atoms with Crippen LogP contribution in [0.25, 0.3) is 0 Å². The van der Waals surface area contributed by atoms with Crippen LogP contribution >= 0.6 is 11.6 Å². The molecule has 0 saturated carbocycles. The molecule has 2 nitrogen and oxygen atoms in total. The van der Waals surface area contributed by atoms with E-state index < -0.39 is 0 Å². The molecule has 0 aliphatic carbocycles. The van der Waals surface area contributed by atoms with Gasteiger partial charge in [0.15, 0.2) is 0 Å². The summed E-state index contributed by atoms with van der Waals surface area (Å²) in [6.45, 7) is 8.78. The lowest BCUT2D eigenvalue weighted by atomic mass is 10.1. The summed E-state index contributed by atoms with van der Waals surface area (Å²) >= 11 is 6.06. The largest absolute Gasteiger partial charge is 0.297 e. The quantitative estimate of drug-likeness (QED) is 0.842. The molecule has 22 heavy (non-hydrogen) atoms. The minimum atomic E-state index is 0.829. The van der Waals surface area contributed by atoms with Crippen molar-refractivity contribution in [2.75, 3.05) is 26.2 Å². The fraction of sp³-hybridized carbons (Fsp3) is 0.368. The van der Waals surface area contributed by atoms with Gasteiger partial charge in [0.05, 0.1) is 0 Å². The van der Waals surface area contributed by atoms with E-state index in [2.05, 4.69) is 53.1 Å². The number of nitrogens with zero attached hydrogens (tertiary/aromatic N) is 2. The Balaban J connectivity index is 1.51. The van der Waals surface area contributed by atoms with Gasteiger partial charge in [-0.3, -0.25) is 9.80 Å². The van der Waals surface area contributed by atoms with Crippen LogP contribution in [0.15, 0.2) is 48.5 Å². The van der Waals surface area contributed by atoms with E-state index in [9.17, 15) is 0 Å². The van der Waals surface area contributed by atoms with E-state index in [1.165, 1.54) is 16.7 Å². The monoisotopic (exact) mass is 314 g/mol. The number of hydrogen-bond acceptors (Lipinski definition) is 2. The summed E-state index contributed by atoms with van der Waals surface area (Å²) in [5.74, 6) is 0. The van der Waals surface area contributed by atoms with Crippen molar-refractivity contribution in [2.24, 2.45) is 0 Å². The molecule has 0 radical (unpaired) electrons. The third-order valence-electron chi connectivity index (χ3n) is 4.42. The van der Waals surface area contributed by atoms with Gasteiger partial charge >= 0.3 is 0 Å². The number of halogens is 1. The Bertz CT molecular complexity index is 618. The summed E-state index contributed by atoms with van der Waals surface area (Å²) < 4.78 is 0. The number of aryl methyl sites for hydroxylation is 1. The van der Waals surface area contributed by atoms with E-state index in [0.717, 1.165) is 44.3 Å². The predicted molar refractivity (Wildman–Crippen MR) is 93.2 cm³/mol. The Hall–Kier alpha value is -1.35. The number of benzene rings is 2. The Morgan fingerprint density at radius 3 is 2.23 bits per heavy atom. The zero-order valence-electron chi connectivity index (χ0n) is 13.1. The van der Waals surface area contributed by atoms with Crippen molar-refractivity contribution < 1.29 is 0 Å². The molecule has 1 aliphatic heterocycles. The maximum absolute atomic E-state index is 6.06. The third-order valence-corrected chi connectivity index (χ3v) is 4.65. The number of piperazine rings is 1. The molecule has 2 aromatic rings. The molecule has 0 bridgehead atoms. The van der Waals surface area contributed by atoms with Crippen LogP contribution in [0, 0.1) is 6.92 Å². The first-order valence-electron chi connectivity index (χ1n) is 7.94. The van der Waals surface area contributed by atoms with Crippen molar-refractivity contribution in [3.63, 3.8) is 0 Å². The lowest BCUT2D eigenvalue weighted by Crippen LogP contribution is -2.45. The van der Waals surface area contributed by atoms with Crippen LogP contribution in [0.4, 0.5) is 0 Å². The molecular weight excluding hydrogens is 292 g/mol. The van der Waals surface area contributed by atoms with Crippen molar-refractivity contribution in [1.82, 2.24) is 9.80 Å². The second-order valence-corrected chi connectivity index (χ2v) is 6.55. The Kier molecular flexibility index (Phi) is 5.14. The fourth-order valence-electron chi connectivity index (χ4n) is 3.03. The van der Waals surface area contributed by atoms with E-state index in [0.29, 0.717) is 0 Å². The van der Waals surface area contributed by atoms with Crippen LogP contribution in [-0.4, -0.2) is 36.0 Å². The summed E-state index contributed by atoms with van der Waals surface area (Å²) in [6, 6.07) is 16.9. The van der Waals surface area contributed by atoms with Crippen LogP contribution in [0.1, 0.15) is 16.7 Å². The van der Waals surface area contributed by atoms with Crippen LogP contribution in [0.5, 0.6) is 0 Å². The van der Waals surface area contributed by atoms with Crippen molar-refractivity contribution in [3.8, 4) is 0 Å². The molecule has 0 amide bonds. The van der Waals surface area contributed by atoms with Gasteiger partial charge in [-0.1, -0.05) is 48.0 Å². The highest BCUT2D eigenvalue weighted by Gasteiger charge is 2.17. The van der Waals surface area contributed by atoms with Crippen molar-refractivity contribution >= 4 is 11.6 Å². The predicted octanol–water partition coefficient (Wildman–Crippen LogP) is 3.97. The summed E-state index contributed by atoms with van der Waals surface area (Å²) in [5, 5.41) is 0.829. The standard InChI is InChI=1S/C19H23ClN2/c1-16-5-2-3-7-18(16)15-22-11-9-21(10-12-22)14-17-6-4-8-19(20)13-17/h2-8,13H,9-12,14-15H2,1H3. The van der Waals surface area contributed by atoms with E-state index in [1.807, 2.05) is 12.1 Å². The smallest absolute Gasteiger partial charge is 0.0409 e. The van der Waals surface area contributed by atoms with Crippen LogP contribution < -0.4 is 0 Å². The average molecular weight is 315 g/mol. The normalized spacial score (nSPS) is 16.8. The lowest BCUT2D eigenvalue weighted by Gasteiger charge is -2.35. The second-order valence-electron chi connectivity index (χ2n) is 6.11. The van der Waals surface area contributed by atoms with Crippen LogP contribution in [0.3, 0.4) is 0 Å². The average Bonchev–Trinajstić information content (AvgIpc) is 2.52. The molecule has 0 atom stereocenters. The Morgan fingerprint density at radius 2 is 1.55 bits per heavy atom. The van der Waals surface area contributed by atoms with Gasteiger partial charge in [-0.05, 0) is 35.7 Å². The van der Waals surface area contributed by atoms with Crippen molar-refractivity contribution in [2.45, 2.75) is 20.0 Å². The van der Waals surface area contributed by atoms with Crippen molar-refractivity contribution in [3.05, 3.63) is 70.2 Å². The minimum absolute atomic E-state index is 0.829. The molecule has 0 unspecified atom stereocenters. The first-order chi connectivity index (χ1) is 10.7. The SMILES string of the molecule is Cc1ccccc1CN1CCN(Cc2cccc(Cl)c2)CC1. The van der Waals surface area contributed by atoms with Gasteiger partial charge in [0.25, 0.3) is 0 Å². The molecule has 1 aliphatic rings. The van der Waals surface area contributed by atoms with Gasteiger partial charge in [-0.15, -0.1) is 0 Å². The summed E-state index contributed by atoms with van der Waals surface area (Å²) in [4.78, 5) is 5.07. The fourth-order valence-corrected chi connectivity index (χ4v) is 3.24. The van der Waals surface area contributed by atoms with Gasteiger partial charge in [-0.2, -0.15) is 0 Å². The Morgan fingerprint density at radius 1 is 0.864 bits per heavy atom. The van der Waals surface area contributed by atoms with Gasteiger partial charge in [-0.25, -0.2) is 0 Å². The number of rotatable bonds is 4. The topological polar surface area (TPSA) is 6.48 Å². The van der Waals surface area contributed by atoms with Crippen molar-refractivity contribution in [1.29, 1.82) is 0 Å². The highest BCUT2D eigenvalue weighted by molar-refractivity contribution is 6.30. The van der Waals surface area contributed by atoms with Gasteiger partial charge in [0, 0.05) is 44.3 Å². The maximum atomic E-state index is 6.06. The van der Waals surface area contributed by atoms with Crippen LogP contribution in [-0.2, 0) is 13.1 Å². The molecule has 2 aromatic carbocycles. The highest BCUT2D eigenvalue weighted by atomic mass is 35.5. The van der Waals surface area contributed by atoms with Gasteiger partial charge in [0.2, 0.25) is 0 Å². The Labute approximate surface area is 138 Å². The zero-order valence-corrected chi connectivity index (χ0v) is 13.9. The summed E-state index contributed by atoms with van der Waals surface area (Å²) in [7, 11) is 0. The molecule has 0 aromatic heterocycles. The molecule has 116 valence electrons. The first kappa shape index (κ1) is 15.5. The lowest BCUT2D eigenvalue weighted by molar-refractivity contribution is 0.122. The summed E-state index contributed by atoms with van der Waals surface area (Å²) in [6.07, 6.45) is 0. The second kappa shape index (κ2) is 7.28. The van der Waals surface area contributed by atoms with E-state index >= 15 is 0 Å². The number of hydrogen-bond donors (Lipinski definition) is 0. The molecule has 1 fully saturated rings. The highest BCUT2D eigenvalue weighted by Crippen LogP contribution is 2.16. The van der Waals surface area contributed by atoms with Gasteiger partial charge in [0.1, 0.15) is 0 Å². The minimum Gasteiger partial charge on any atom is -0.297 e. The molecule has 0 spiro atoms. The molecule has 3 heteroatoms.